The first-order valence-corrected chi connectivity index (χ1v) is 8.97. The third-order valence-electron chi connectivity index (χ3n) is 4.69. The predicted molar refractivity (Wildman–Crippen MR) is 98.7 cm³/mol. The number of hydrogen-bond acceptors (Lipinski definition) is 8. The van der Waals surface area contributed by atoms with Gasteiger partial charge in [0.05, 0.1) is 19.6 Å². The molecule has 1 aliphatic rings. The van der Waals surface area contributed by atoms with E-state index in [9.17, 15) is 14.4 Å². The maximum Gasteiger partial charge on any atom is 0.346 e. The number of carbonyl (C=O) groups excluding carboxylic acids is 2. The summed E-state index contributed by atoms with van der Waals surface area (Å²) in [4.78, 5) is 35.8. The number of carbonyl (C=O) groups is 2. The van der Waals surface area contributed by atoms with Crippen LogP contribution < -0.4 is 15.1 Å². The minimum Gasteiger partial charge on any atom is -0.479 e. The molecule has 2 atom stereocenters. The Morgan fingerprint density at radius 3 is 2.21 bits per heavy atom. The molecule has 1 heterocycles. The zero-order valence-corrected chi connectivity index (χ0v) is 16.2. The van der Waals surface area contributed by atoms with Gasteiger partial charge in [0, 0.05) is 17.7 Å². The maximum atomic E-state index is 12.3. The molecule has 0 N–H and O–H groups in total. The second-order valence-electron chi connectivity index (χ2n) is 6.56. The summed E-state index contributed by atoms with van der Waals surface area (Å²) in [7, 11) is 2.53. The number of methoxy groups -OCH3 is 2. The highest BCUT2D eigenvalue weighted by Gasteiger charge is 2.26. The van der Waals surface area contributed by atoms with Gasteiger partial charge in [0.2, 0.25) is 0 Å². The Balaban J connectivity index is 2.12. The summed E-state index contributed by atoms with van der Waals surface area (Å²) in [6.07, 6.45) is 0.416. The van der Waals surface area contributed by atoms with E-state index >= 15 is 0 Å². The Labute approximate surface area is 161 Å². The quantitative estimate of drug-likeness (QED) is 0.546. The summed E-state index contributed by atoms with van der Waals surface area (Å²) in [5.74, 6) is -0.528. The molecule has 1 aliphatic carbocycles. The maximum absolute atomic E-state index is 12.3. The lowest BCUT2D eigenvalue weighted by molar-refractivity contribution is -0.148. The third-order valence-corrected chi connectivity index (χ3v) is 4.69. The topological polar surface area (TPSA) is 101 Å². The number of aryl methyl sites for hydroxylation is 1. The van der Waals surface area contributed by atoms with Gasteiger partial charge < -0.3 is 23.4 Å². The van der Waals surface area contributed by atoms with Crippen molar-refractivity contribution in [2.45, 2.75) is 45.3 Å². The molecule has 28 heavy (non-hydrogen) atoms. The summed E-state index contributed by atoms with van der Waals surface area (Å²) < 4.78 is 26.3. The van der Waals surface area contributed by atoms with Crippen LogP contribution in [0.4, 0.5) is 0 Å². The van der Waals surface area contributed by atoms with E-state index in [4.69, 9.17) is 18.6 Å². The average molecular weight is 390 g/mol. The first-order chi connectivity index (χ1) is 13.3. The number of rotatable bonds is 6. The smallest absolute Gasteiger partial charge is 0.346 e. The Hall–Kier alpha value is -3.03. The molecule has 0 saturated heterocycles. The molecule has 0 aliphatic heterocycles. The second kappa shape index (κ2) is 7.92. The van der Waals surface area contributed by atoms with E-state index in [2.05, 4.69) is 4.74 Å². The number of esters is 2. The average Bonchev–Trinajstić information content (AvgIpc) is 3.16. The van der Waals surface area contributed by atoms with Gasteiger partial charge in [0.1, 0.15) is 17.1 Å². The van der Waals surface area contributed by atoms with Crippen LogP contribution in [0.15, 0.2) is 21.3 Å². The van der Waals surface area contributed by atoms with Crippen molar-refractivity contribution in [3.05, 3.63) is 33.7 Å². The van der Waals surface area contributed by atoms with Crippen molar-refractivity contribution >= 4 is 22.9 Å². The summed E-state index contributed by atoms with van der Waals surface area (Å²) in [5, 5.41) is 0.626. The molecule has 2 unspecified atom stereocenters. The lowest BCUT2D eigenvalue weighted by atomic mass is 10.1. The predicted octanol–water partition coefficient (Wildman–Crippen LogP) is 2.16. The van der Waals surface area contributed by atoms with Crippen molar-refractivity contribution in [2.75, 3.05) is 14.2 Å². The normalized spacial score (nSPS) is 14.9. The Kier molecular flexibility index (Phi) is 5.58. The van der Waals surface area contributed by atoms with Crippen LogP contribution in [0.3, 0.4) is 0 Å². The molecule has 0 bridgehead atoms. The van der Waals surface area contributed by atoms with Gasteiger partial charge in [-0.15, -0.1) is 0 Å². The minimum absolute atomic E-state index is 0.249. The van der Waals surface area contributed by atoms with Crippen LogP contribution in [-0.4, -0.2) is 38.4 Å². The van der Waals surface area contributed by atoms with Crippen molar-refractivity contribution in [1.29, 1.82) is 0 Å². The first-order valence-electron chi connectivity index (χ1n) is 8.97. The van der Waals surface area contributed by atoms with E-state index in [1.807, 2.05) is 0 Å². The van der Waals surface area contributed by atoms with E-state index < -0.39 is 29.8 Å². The SMILES string of the molecule is COC(=O)C(C)Oc1cc(OC(C)C(=O)OC)c2c3c(c(=O)oc2c1)CCC3. The molecule has 0 amide bonds. The summed E-state index contributed by atoms with van der Waals surface area (Å²) >= 11 is 0. The van der Waals surface area contributed by atoms with Gasteiger partial charge in [-0.3, -0.25) is 0 Å². The zero-order chi connectivity index (χ0) is 20.4. The molecule has 150 valence electrons. The van der Waals surface area contributed by atoms with E-state index in [0.29, 0.717) is 29.5 Å². The largest absolute Gasteiger partial charge is 0.479 e. The molecule has 3 rings (SSSR count). The summed E-state index contributed by atoms with van der Waals surface area (Å²) in [6.45, 7) is 3.09. The summed E-state index contributed by atoms with van der Waals surface area (Å²) in [6, 6.07) is 3.10. The van der Waals surface area contributed by atoms with Crippen molar-refractivity contribution in [2.24, 2.45) is 0 Å². The van der Waals surface area contributed by atoms with Crippen LogP contribution in [0.25, 0.3) is 11.0 Å². The Bertz CT molecular complexity index is 974. The van der Waals surface area contributed by atoms with E-state index in [1.54, 1.807) is 13.0 Å². The van der Waals surface area contributed by atoms with Crippen LogP contribution >= 0.6 is 0 Å². The fourth-order valence-electron chi connectivity index (χ4n) is 3.33. The van der Waals surface area contributed by atoms with E-state index in [0.717, 1.165) is 12.0 Å². The second-order valence-corrected chi connectivity index (χ2v) is 6.56. The molecule has 1 aromatic heterocycles. The molecule has 8 nitrogen and oxygen atoms in total. The summed E-state index contributed by atoms with van der Waals surface area (Å²) in [5.41, 5.74) is 1.35. The first kappa shape index (κ1) is 19.7. The van der Waals surface area contributed by atoms with Gasteiger partial charge in [-0.2, -0.15) is 0 Å². The molecule has 0 fully saturated rings. The molecule has 1 aromatic carbocycles. The number of fused-ring (bicyclic) bond motifs is 3. The van der Waals surface area contributed by atoms with Crippen molar-refractivity contribution in [3.63, 3.8) is 0 Å². The third kappa shape index (κ3) is 3.67. The Morgan fingerprint density at radius 2 is 1.57 bits per heavy atom. The fourth-order valence-corrected chi connectivity index (χ4v) is 3.33. The molecule has 0 spiro atoms. The van der Waals surface area contributed by atoms with Gasteiger partial charge in [0.15, 0.2) is 12.2 Å². The van der Waals surface area contributed by atoms with Crippen LogP contribution in [0.1, 0.15) is 31.4 Å². The van der Waals surface area contributed by atoms with Crippen molar-refractivity contribution in [1.82, 2.24) is 0 Å². The number of hydrogen-bond donors (Lipinski definition) is 0. The Morgan fingerprint density at radius 1 is 0.964 bits per heavy atom. The van der Waals surface area contributed by atoms with E-state index in [-0.39, 0.29) is 11.3 Å². The highest BCUT2D eigenvalue weighted by Crippen LogP contribution is 2.38. The van der Waals surface area contributed by atoms with Gasteiger partial charge >= 0.3 is 17.6 Å². The zero-order valence-electron chi connectivity index (χ0n) is 16.2. The highest BCUT2D eigenvalue weighted by molar-refractivity contribution is 5.90. The van der Waals surface area contributed by atoms with Gasteiger partial charge in [-0.05, 0) is 38.7 Å². The standard InChI is InChI=1S/C20H22O8/c1-10(18(21)24-3)26-12-8-15(27-11(2)19(22)25-4)17-13-6-5-7-14(13)20(23)28-16(17)9-12/h8-11H,5-7H2,1-4H3. The van der Waals surface area contributed by atoms with Crippen LogP contribution in [-0.2, 0) is 31.9 Å². The molecular weight excluding hydrogens is 368 g/mol. The molecule has 0 radical (unpaired) electrons. The van der Waals surface area contributed by atoms with E-state index in [1.165, 1.54) is 27.2 Å². The van der Waals surface area contributed by atoms with Crippen LogP contribution in [0.2, 0.25) is 0 Å². The fraction of sp³-hybridized carbons (Fsp3) is 0.450. The molecule has 2 aromatic rings. The number of benzene rings is 1. The monoisotopic (exact) mass is 390 g/mol. The minimum atomic E-state index is -0.884. The van der Waals surface area contributed by atoms with Gasteiger partial charge in [0.25, 0.3) is 0 Å². The highest BCUT2D eigenvalue weighted by atomic mass is 16.6. The lowest BCUT2D eigenvalue weighted by Crippen LogP contribution is -2.26. The molecular formula is C20H22O8. The van der Waals surface area contributed by atoms with Crippen LogP contribution in [0.5, 0.6) is 11.5 Å². The van der Waals surface area contributed by atoms with Gasteiger partial charge in [-0.1, -0.05) is 0 Å². The number of ether oxygens (including phenoxy) is 4. The van der Waals surface area contributed by atoms with Crippen molar-refractivity contribution in [3.8, 4) is 11.5 Å². The molecule has 8 heteroatoms. The van der Waals surface area contributed by atoms with Gasteiger partial charge in [-0.25, -0.2) is 14.4 Å². The van der Waals surface area contributed by atoms with Crippen LogP contribution in [0, 0.1) is 0 Å². The van der Waals surface area contributed by atoms with Crippen molar-refractivity contribution < 1.29 is 33.0 Å². The lowest BCUT2D eigenvalue weighted by Gasteiger charge is -2.18. The molecule has 0 saturated carbocycles.